The highest BCUT2D eigenvalue weighted by molar-refractivity contribution is 5.88. The number of nitrogens with one attached hydrogen (secondary N) is 1. The second-order valence-electron chi connectivity index (χ2n) is 6.95. The normalized spacial score (nSPS) is 13.1. The molecule has 1 aromatic heterocycles. The van der Waals surface area contributed by atoms with Crippen LogP contribution in [0.1, 0.15) is 46.3 Å². The van der Waals surface area contributed by atoms with Crippen LogP contribution < -0.4 is 5.32 Å². The Kier molecular flexibility index (Phi) is 5.28. The van der Waals surface area contributed by atoms with Gasteiger partial charge in [-0.3, -0.25) is 4.79 Å². The van der Waals surface area contributed by atoms with Gasteiger partial charge in [0.05, 0.1) is 5.54 Å². The maximum absolute atomic E-state index is 11.9. The number of nitrogens with zero attached hydrogens (tertiary/aromatic N) is 3. The molecule has 0 fully saturated rings. The fourth-order valence-corrected chi connectivity index (χ4v) is 1.56. The predicted octanol–water partition coefficient (Wildman–Crippen LogP) is 1.84. The molecule has 21 heavy (non-hydrogen) atoms. The van der Waals surface area contributed by atoms with Crippen LogP contribution in [0.2, 0.25) is 0 Å². The van der Waals surface area contributed by atoms with E-state index in [1.807, 2.05) is 59.7 Å². The zero-order chi connectivity index (χ0) is 16.3. The minimum Gasteiger partial charge on any atom is -0.340 e. The van der Waals surface area contributed by atoms with Crippen LogP contribution >= 0.6 is 0 Å². The summed E-state index contributed by atoms with van der Waals surface area (Å²) in [7, 11) is 3.89. The van der Waals surface area contributed by atoms with E-state index in [-0.39, 0.29) is 11.3 Å². The van der Waals surface area contributed by atoms with Crippen LogP contribution in [0.4, 0.5) is 0 Å². The third-order valence-corrected chi connectivity index (χ3v) is 2.80. The lowest BCUT2D eigenvalue weighted by atomic mass is 9.97. The van der Waals surface area contributed by atoms with Gasteiger partial charge in [0.25, 0.3) is 0 Å². The first-order valence-electron chi connectivity index (χ1n) is 7.00. The van der Waals surface area contributed by atoms with Crippen molar-refractivity contribution in [1.82, 2.24) is 20.4 Å². The summed E-state index contributed by atoms with van der Waals surface area (Å²) in [6, 6.07) is 0. The number of carbonyl (C=O) groups excluding carboxylic acids is 1. The number of aromatic nitrogens is 2. The van der Waals surface area contributed by atoms with E-state index in [4.69, 9.17) is 4.52 Å². The molecule has 0 spiro atoms. The lowest BCUT2D eigenvalue weighted by Gasteiger charge is -2.21. The van der Waals surface area contributed by atoms with E-state index >= 15 is 0 Å². The fourth-order valence-electron chi connectivity index (χ4n) is 1.56. The Hall–Kier alpha value is -1.69. The molecule has 0 saturated heterocycles. The molecule has 0 atom stereocenters. The van der Waals surface area contributed by atoms with Crippen molar-refractivity contribution in [2.75, 3.05) is 20.6 Å². The summed E-state index contributed by atoms with van der Waals surface area (Å²) in [5, 5.41) is 6.86. The Morgan fingerprint density at radius 1 is 1.29 bits per heavy atom. The average Bonchev–Trinajstić information content (AvgIpc) is 2.76. The molecule has 1 heterocycles. The molecule has 0 radical (unpaired) electrons. The molecule has 6 nitrogen and oxygen atoms in total. The van der Waals surface area contributed by atoms with Gasteiger partial charge < -0.3 is 14.7 Å². The molecule has 0 unspecified atom stereocenters. The highest BCUT2D eigenvalue weighted by atomic mass is 16.5. The standard InChI is InChI=1S/C15H26N4O2/c1-14(2,3)13-16-12(18-21-13)15(4,5)17-11(20)9-8-10-19(6)7/h8-9H,10H2,1-7H3,(H,17,20)/b9-8+. The van der Waals surface area contributed by atoms with Crippen molar-refractivity contribution in [3.05, 3.63) is 23.9 Å². The molecular formula is C15H26N4O2. The fraction of sp³-hybridized carbons (Fsp3) is 0.667. The van der Waals surface area contributed by atoms with Crippen LogP contribution in [0.25, 0.3) is 0 Å². The minimum atomic E-state index is -0.688. The van der Waals surface area contributed by atoms with Crippen LogP contribution in [0.15, 0.2) is 16.7 Å². The third kappa shape index (κ3) is 5.30. The predicted molar refractivity (Wildman–Crippen MR) is 81.9 cm³/mol. The maximum atomic E-state index is 11.9. The monoisotopic (exact) mass is 294 g/mol. The van der Waals surface area contributed by atoms with Crippen molar-refractivity contribution in [3.63, 3.8) is 0 Å². The van der Waals surface area contributed by atoms with Crippen molar-refractivity contribution < 1.29 is 9.32 Å². The summed E-state index contributed by atoms with van der Waals surface area (Å²) in [5.74, 6) is 0.855. The van der Waals surface area contributed by atoms with E-state index in [1.165, 1.54) is 6.08 Å². The van der Waals surface area contributed by atoms with Gasteiger partial charge in [-0.05, 0) is 27.9 Å². The molecule has 1 amide bonds. The number of hydrogen-bond acceptors (Lipinski definition) is 5. The highest BCUT2D eigenvalue weighted by Gasteiger charge is 2.30. The van der Waals surface area contributed by atoms with Gasteiger partial charge in [0.1, 0.15) is 0 Å². The summed E-state index contributed by atoms with van der Waals surface area (Å²) in [4.78, 5) is 18.3. The topological polar surface area (TPSA) is 71.3 Å². The van der Waals surface area contributed by atoms with Crippen molar-refractivity contribution in [3.8, 4) is 0 Å². The lowest BCUT2D eigenvalue weighted by molar-refractivity contribution is -0.118. The van der Waals surface area contributed by atoms with Crippen molar-refractivity contribution in [1.29, 1.82) is 0 Å². The van der Waals surface area contributed by atoms with Gasteiger partial charge in [-0.1, -0.05) is 32.0 Å². The largest absolute Gasteiger partial charge is 0.340 e. The number of likely N-dealkylation sites (N-methyl/N-ethyl adjacent to an activating group) is 1. The molecule has 118 valence electrons. The average molecular weight is 294 g/mol. The maximum Gasteiger partial charge on any atom is 0.244 e. The Morgan fingerprint density at radius 3 is 2.38 bits per heavy atom. The van der Waals surface area contributed by atoms with Gasteiger partial charge in [0.2, 0.25) is 11.8 Å². The molecule has 1 aromatic rings. The van der Waals surface area contributed by atoms with E-state index in [0.29, 0.717) is 18.3 Å². The quantitative estimate of drug-likeness (QED) is 0.839. The van der Waals surface area contributed by atoms with Crippen LogP contribution in [-0.2, 0) is 15.7 Å². The summed E-state index contributed by atoms with van der Waals surface area (Å²) < 4.78 is 5.27. The van der Waals surface area contributed by atoms with Crippen molar-refractivity contribution in [2.45, 2.75) is 45.6 Å². The zero-order valence-corrected chi connectivity index (χ0v) is 14.0. The van der Waals surface area contributed by atoms with Gasteiger partial charge in [-0.15, -0.1) is 0 Å². The number of hydrogen-bond donors (Lipinski definition) is 1. The summed E-state index contributed by atoms with van der Waals surface area (Å²) in [5.41, 5.74) is -0.899. The SMILES string of the molecule is CN(C)C/C=C/C(=O)NC(C)(C)c1noc(C(C)(C)C)n1. The zero-order valence-electron chi connectivity index (χ0n) is 14.0. The number of rotatable bonds is 5. The first-order valence-corrected chi connectivity index (χ1v) is 7.00. The number of carbonyl (C=O) groups is 1. The Balaban J connectivity index is 2.75. The molecule has 0 aliphatic carbocycles. The first kappa shape index (κ1) is 17.4. The number of amides is 1. The van der Waals surface area contributed by atoms with E-state index in [1.54, 1.807) is 0 Å². The lowest BCUT2D eigenvalue weighted by Crippen LogP contribution is -2.41. The minimum absolute atomic E-state index is 0.177. The molecule has 0 aliphatic heterocycles. The second kappa shape index (κ2) is 6.39. The first-order chi connectivity index (χ1) is 9.52. The van der Waals surface area contributed by atoms with Gasteiger partial charge in [-0.2, -0.15) is 4.98 Å². The van der Waals surface area contributed by atoms with Gasteiger partial charge in [0, 0.05) is 18.0 Å². The van der Waals surface area contributed by atoms with Crippen LogP contribution in [-0.4, -0.2) is 41.6 Å². The molecular weight excluding hydrogens is 268 g/mol. The molecule has 0 aliphatic rings. The van der Waals surface area contributed by atoms with Crippen molar-refractivity contribution in [2.24, 2.45) is 0 Å². The Morgan fingerprint density at radius 2 is 1.90 bits per heavy atom. The van der Waals surface area contributed by atoms with Gasteiger partial charge >= 0.3 is 0 Å². The summed E-state index contributed by atoms with van der Waals surface area (Å²) in [6.45, 7) is 10.4. The molecule has 0 aromatic carbocycles. The third-order valence-electron chi connectivity index (χ3n) is 2.80. The highest BCUT2D eigenvalue weighted by Crippen LogP contribution is 2.23. The van der Waals surface area contributed by atoms with E-state index in [9.17, 15) is 4.79 Å². The Bertz CT molecular complexity index is 510. The smallest absolute Gasteiger partial charge is 0.244 e. The van der Waals surface area contributed by atoms with Crippen LogP contribution in [0.3, 0.4) is 0 Å². The van der Waals surface area contributed by atoms with E-state index in [0.717, 1.165) is 0 Å². The van der Waals surface area contributed by atoms with Crippen LogP contribution in [0.5, 0.6) is 0 Å². The molecule has 6 heteroatoms. The molecule has 0 saturated carbocycles. The Labute approximate surface area is 126 Å². The summed E-state index contributed by atoms with van der Waals surface area (Å²) in [6.07, 6.45) is 3.33. The molecule has 1 N–H and O–H groups in total. The second-order valence-corrected chi connectivity index (χ2v) is 6.95. The van der Waals surface area contributed by atoms with E-state index < -0.39 is 5.54 Å². The van der Waals surface area contributed by atoms with Gasteiger partial charge in [-0.25, -0.2) is 0 Å². The van der Waals surface area contributed by atoms with E-state index in [2.05, 4.69) is 15.5 Å². The molecule has 0 bridgehead atoms. The van der Waals surface area contributed by atoms with Gasteiger partial charge in [0.15, 0.2) is 5.82 Å². The summed E-state index contributed by atoms with van der Waals surface area (Å²) >= 11 is 0. The molecule has 1 rings (SSSR count). The van der Waals surface area contributed by atoms with Crippen molar-refractivity contribution >= 4 is 5.91 Å². The van der Waals surface area contributed by atoms with Crippen LogP contribution in [0, 0.1) is 0 Å².